The molecule has 7 aromatic rings. The first kappa shape index (κ1) is 33.6. The number of fused-ring (bicyclic) bond motifs is 2. The molecule has 47 heavy (non-hydrogen) atoms. The van der Waals surface area contributed by atoms with Crippen LogP contribution in [0.15, 0.2) is 56.1 Å². The van der Waals surface area contributed by atoms with Crippen LogP contribution in [0.3, 0.4) is 0 Å². The lowest BCUT2D eigenvalue weighted by Crippen LogP contribution is -1.84. The van der Waals surface area contributed by atoms with E-state index in [4.69, 9.17) is 17.5 Å². The predicted molar refractivity (Wildman–Crippen MR) is 215 cm³/mol. The Labute approximate surface area is 313 Å². The molecule has 0 fully saturated rings. The fraction of sp³-hybridized carbons (Fsp3) is 0.333. The quantitative estimate of drug-likeness (QED) is 0.102. The van der Waals surface area contributed by atoms with Crippen LogP contribution in [-0.2, 0) is 12.8 Å². The Morgan fingerprint density at radius 2 is 0.851 bits per heavy atom. The Morgan fingerprint density at radius 1 is 0.468 bits per heavy atom. The number of aryl methyl sites for hydroxylation is 2. The molecule has 0 atom stereocenters. The van der Waals surface area contributed by atoms with E-state index in [1.807, 2.05) is 0 Å². The van der Waals surface area contributed by atoms with E-state index in [-0.39, 0.29) is 0 Å². The molecule has 0 spiro atoms. The summed E-state index contributed by atoms with van der Waals surface area (Å²) in [6, 6.07) is 18.0. The van der Waals surface area contributed by atoms with Gasteiger partial charge in [0.25, 0.3) is 0 Å². The van der Waals surface area contributed by atoms with Gasteiger partial charge in [-0.25, -0.2) is 0 Å². The van der Waals surface area contributed by atoms with E-state index in [0.717, 1.165) is 57.2 Å². The first-order valence-electron chi connectivity index (χ1n) is 16.2. The van der Waals surface area contributed by atoms with Gasteiger partial charge < -0.3 is 0 Å². The standard InChI is InChI=1S/C36H34Br2N4S5/c1-3-5-7-9-11-21-19-29(44-35(21)37)25-15-13-23(31-33(25)41-46-39-31)27-17-18-28(43-27)24-14-16-26(34-32(24)40-47-42-34)30-20-22(36(38)45-30)12-10-8-6-4-2/h13-20H,3-12H2,1-2H3. The molecular weight excluding hydrogens is 809 g/mol. The second kappa shape index (κ2) is 15.4. The third-order valence-corrected chi connectivity index (χ3v) is 14.8. The van der Waals surface area contributed by atoms with Gasteiger partial charge in [0.15, 0.2) is 0 Å². The number of hydrogen-bond acceptors (Lipinski definition) is 9. The first-order chi connectivity index (χ1) is 23.1. The Morgan fingerprint density at radius 3 is 1.23 bits per heavy atom. The first-order valence-corrected chi connectivity index (χ1v) is 21.7. The van der Waals surface area contributed by atoms with Crippen LogP contribution in [0.1, 0.15) is 76.3 Å². The van der Waals surface area contributed by atoms with Crippen molar-refractivity contribution in [2.45, 2.75) is 78.1 Å². The lowest BCUT2D eigenvalue weighted by molar-refractivity contribution is 0.667. The predicted octanol–water partition coefficient (Wildman–Crippen LogP) is 14.3. The highest BCUT2D eigenvalue weighted by Gasteiger charge is 2.20. The van der Waals surface area contributed by atoms with Crippen molar-refractivity contribution in [3.05, 3.63) is 67.2 Å². The molecule has 0 saturated heterocycles. The van der Waals surface area contributed by atoms with Crippen LogP contribution < -0.4 is 0 Å². The highest BCUT2D eigenvalue weighted by atomic mass is 79.9. The molecule has 4 nitrogen and oxygen atoms in total. The van der Waals surface area contributed by atoms with E-state index in [0.29, 0.717) is 0 Å². The van der Waals surface area contributed by atoms with E-state index in [9.17, 15) is 0 Å². The van der Waals surface area contributed by atoms with Crippen molar-refractivity contribution in [1.82, 2.24) is 17.5 Å². The summed E-state index contributed by atoms with van der Waals surface area (Å²) in [7, 11) is 0. The number of rotatable bonds is 14. The van der Waals surface area contributed by atoms with Gasteiger partial charge in [-0.1, -0.05) is 76.6 Å². The Bertz CT molecular complexity index is 1990. The lowest BCUT2D eigenvalue weighted by atomic mass is 10.0. The average molecular weight is 843 g/mol. The van der Waals surface area contributed by atoms with E-state index in [2.05, 4.69) is 94.2 Å². The van der Waals surface area contributed by atoms with Gasteiger partial charge in [-0.2, -0.15) is 17.5 Å². The SMILES string of the molecule is CCCCCCc1cc(-c2ccc(-c3ccc(-c4ccc(-c5cc(CCCCCC)c(Br)s5)c5nsnc45)s3)c3nsnc23)sc1Br. The Kier molecular flexibility index (Phi) is 11.0. The van der Waals surface area contributed by atoms with Gasteiger partial charge in [-0.3, -0.25) is 0 Å². The largest absolute Gasteiger partial charge is 0.172 e. The number of unbranched alkanes of at least 4 members (excludes halogenated alkanes) is 6. The molecule has 0 aliphatic rings. The van der Waals surface area contributed by atoms with Crippen molar-refractivity contribution in [2.24, 2.45) is 0 Å². The lowest BCUT2D eigenvalue weighted by Gasteiger charge is -2.05. The second-order valence-corrected chi connectivity index (χ2v) is 18.7. The highest BCUT2D eigenvalue weighted by Crippen LogP contribution is 2.45. The van der Waals surface area contributed by atoms with Gasteiger partial charge >= 0.3 is 0 Å². The third-order valence-electron chi connectivity index (χ3n) is 8.61. The summed E-state index contributed by atoms with van der Waals surface area (Å²) in [4.78, 5) is 4.86. The average Bonchev–Trinajstić information content (AvgIpc) is 3.92. The maximum Gasteiger partial charge on any atom is 0.114 e. The number of thiophene rings is 3. The molecule has 11 heteroatoms. The van der Waals surface area contributed by atoms with E-state index in [1.165, 1.54) is 113 Å². The Hall–Kier alpha value is -1.86. The summed E-state index contributed by atoms with van der Waals surface area (Å²) in [6.45, 7) is 4.52. The molecule has 5 heterocycles. The van der Waals surface area contributed by atoms with Crippen molar-refractivity contribution < 1.29 is 0 Å². The monoisotopic (exact) mass is 840 g/mol. The number of nitrogens with zero attached hydrogens (tertiary/aromatic N) is 4. The minimum Gasteiger partial charge on any atom is -0.172 e. The second-order valence-electron chi connectivity index (χ2n) is 11.8. The number of benzene rings is 2. The molecular formula is C36H34Br2N4S5. The summed E-state index contributed by atoms with van der Waals surface area (Å²) in [6.07, 6.45) is 12.4. The van der Waals surface area contributed by atoms with Crippen molar-refractivity contribution in [3.8, 4) is 41.8 Å². The van der Waals surface area contributed by atoms with Gasteiger partial charge in [0.1, 0.15) is 22.1 Å². The van der Waals surface area contributed by atoms with Crippen LogP contribution >= 0.6 is 89.3 Å². The topological polar surface area (TPSA) is 51.6 Å². The van der Waals surface area contributed by atoms with Crippen molar-refractivity contribution in [2.75, 3.05) is 0 Å². The molecule has 242 valence electrons. The van der Waals surface area contributed by atoms with Gasteiger partial charge in [-0.15, -0.1) is 34.0 Å². The molecule has 0 aliphatic heterocycles. The summed E-state index contributed by atoms with van der Waals surface area (Å²) >= 11 is 15.7. The van der Waals surface area contributed by atoms with Crippen LogP contribution in [0.4, 0.5) is 0 Å². The normalized spacial score (nSPS) is 11.8. The van der Waals surface area contributed by atoms with Crippen LogP contribution in [-0.4, -0.2) is 17.5 Å². The third kappa shape index (κ3) is 7.09. The zero-order valence-electron chi connectivity index (χ0n) is 26.3. The van der Waals surface area contributed by atoms with E-state index in [1.54, 1.807) is 34.0 Å². The molecule has 0 radical (unpaired) electrons. The number of halogens is 2. The van der Waals surface area contributed by atoms with Crippen LogP contribution in [0.25, 0.3) is 63.8 Å². The van der Waals surface area contributed by atoms with Crippen LogP contribution in [0.5, 0.6) is 0 Å². The fourth-order valence-corrected chi connectivity index (χ4v) is 11.9. The smallest absolute Gasteiger partial charge is 0.114 e. The Balaban J connectivity index is 1.16. The van der Waals surface area contributed by atoms with E-state index < -0.39 is 0 Å². The van der Waals surface area contributed by atoms with Crippen molar-refractivity contribution in [1.29, 1.82) is 0 Å². The van der Waals surface area contributed by atoms with Crippen LogP contribution in [0.2, 0.25) is 0 Å². The molecule has 5 aromatic heterocycles. The molecule has 0 amide bonds. The summed E-state index contributed by atoms with van der Waals surface area (Å²) in [5.41, 5.74) is 11.3. The molecule has 2 aromatic carbocycles. The molecule has 0 N–H and O–H groups in total. The molecule has 7 rings (SSSR count). The maximum absolute atomic E-state index is 4.79. The van der Waals surface area contributed by atoms with Gasteiger partial charge in [-0.05, 0) is 92.9 Å². The number of aromatic nitrogens is 4. The number of hydrogen-bond donors (Lipinski definition) is 0. The summed E-state index contributed by atoms with van der Waals surface area (Å²) < 4.78 is 21.6. The molecule has 0 bridgehead atoms. The van der Waals surface area contributed by atoms with Crippen molar-refractivity contribution in [3.63, 3.8) is 0 Å². The van der Waals surface area contributed by atoms with Gasteiger partial charge in [0.05, 0.1) is 31.0 Å². The van der Waals surface area contributed by atoms with Gasteiger partial charge in [0.2, 0.25) is 0 Å². The van der Waals surface area contributed by atoms with E-state index >= 15 is 0 Å². The molecule has 0 unspecified atom stereocenters. The zero-order valence-corrected chi connectivity index (χ0v) is 33.5. The summed E-state index contributed by atoms with van der Waals surface area (Å²) in [5.74, 6) is 0. The maximum atomic E-state index is 4.79. The van der Waals surface area contributed by atoms with Crippen molar-refractivity contribution >= 4 is 111 Å². The summed E-state index contributed by atoms with van der Waals surface area (Å²) in [5, 5.41) is 0. The minimum absolute atomic E-state index is 0.972. The minimum atomic E-state index is 0.972. The fourth-order valence-electron chi connectivity index (χ4n) is 6.06. The molecule has 0 saturated carbocycles. The van der Waals surface area contributed by atoms with Crippen LogP contribution in [0, 0.1) is 0 Å². The zero-order chi connectivity index (χ0) is 32.3. The van der Waals surface area contributed by atoms with Gasteiger partial charge in [0, 0.05) is 41.8 Å². The molecule has 0 aliphatic carbocycles. The highest BCUT2D eigenvalue weighted by molar-refractivity contribution is 9.11.